The molecule has 2 atom stereocenters. The van der Waals surface area contributed by atoms with Crippen molar-refractivity contribution in [2.75, 3.05) is 52.9 Å². The average molecular weight is 719 g/mol. The number of benzene rings is 2. The molecule has 2 unspecified atom stereocenters. The van der Waals surface area contributed by atoms with Crippen LogP contribution in [0.15, 0.2) is 36.4 Å². The van der Waals surface area contributed by atoms with E-state index in [-0.39, 0.29) is 36.5 Å². The Hall–Kier alpha value is -4.50. The van der Waals surface area contributed by atoms with E-state index in [0.29, 0.717) is 89.9 Å². The lowest BCUT2D eigenvalue weighted by molar-refractivity contribution is -0.138. The zero-order valence-corrected chi connectivity index (χ0v) is 29.3. The van der Waals surface area contributed by atoms with Gasteiger partial charge in [0, 0.05) is 50.3 Å². The van der Waals surface area contributed by atoms with Gasteiger partial charge in [0.2, 0.25) is 23.6 Å². The summed E-state index contributed by atoms with van der Waals surface area (Å²) in [6, 6.07) is 10.1. The van der Waals surface area contributed by atoms with Crippen molar-refractivity contribution in [3.63, 3.8) is 0 Å². The molecule has 6 amide bonds. The number of hydrogen-bond acceptors (Lipinski definition) is 10. The number of imide groups is 2. The highest BCUT2D eigenvalue weighted by molar-refractivity contribution is 6.06. The summed E-state index contributed by atoms with van der Waals surface area (Å²) in [5.74, 6) is -1.74. The Morgan fingerprint density at radius 3 is 1.31 bits per heavy atom. The molecule has 2 fully saturated rings. The van der Waals surface area contributed by atoms with Crippen molar-refractivity contribution >= 4 is 35.4 Å². The fourth-order valence-electron chi connectivity index (χ4n) is 7.26. The summed E-state index contributed by atoms with van der Waals surface area (Å²) in [7, 11) is 0. The molecule has 0 saturated carbocycles. The average Bonchev–Trinajstić information content (AvgIpc) is 3.65. The van der Waals surface area contributed by atoms with Crippen LogP contribution in [-0.2, 0) is 64.1 Å². The molecule has 52 heavy (non-hydrogen) atoms. The molecule has 6 rings (SSSR count). The van der Waals surface area contributed by atoms with Gasteiger partial charge in [0.15, 0.2) is 0 Å². The molecule has 4 heterocycles. The van der Waals surface area contributed by atoms with Crippen molar-refractivity contribution < 1.29 is 47.7 Å². The minimum atomic E-state index is -0.620. The topological polar surface area (TPSA) is 170 Å². The number of ether oxygens (including phenoxy) is 4. The van der Waals surface area contributed by atoms with Gasteiger partial charge in [-0.3, -0.25) is 39.4 Å². The van der Waals surface area contributed by atoms with Gasteiger partial charge in [-0.1, -0.05) is 24.3 Å². The lowest BCUT2D eigenvalue weighted by Crippen LogP contribution is -2.52. The summed E-state index contributed by atoms with van der Waals surface area (Å²) in [6.07, 6.45) is 4.21. The van der Waals surface area contributed by atoms with Gasteiger partial charge in [-0.2, -0.15) is 0 Å². The SMILES string of the molecule is O=C1CCC(N2Cc3c(CCCOCCOCCOCCOCCCc4cccc5c4CN(C4CCC(=O)NC4=O)C5=O)cccc3C2=O)C(=O)N1. The molecule has 2 saturated heterocycles. The third-order valence-electron chi connectivity index (χ3n) is 9.94. The summed E-state index contributed by atoms with van der Waals surface area (Å²) >= 11 is 0. The highest BCUT2D eigenvalue weighted by Crippen LogP contribution is 2.32. The molecular formula is C38H46N4O10. The van der Waals surface area contributed by atoms with E-state index in [1.165, 1.54) is 0 Å². The molecule has 2 N–H and O–H groups in total. The van der Waals surface area contributed by atoms with Gasteiger partial charge in [0.05, 0.1) is 39.6 Å². The van der Waals surface area contributed by atoms with E-state index in [4.69, 9.17) is 18.9 Å². The first kappa shape index (κ1) is 37.3. The van der Waals surface area contributed by atoms with Gasteiger partial charge in [-0.05, 0) is 72.9 Å². The van der Waals surface area contributed by atoms with E-state index in [2.05, 4.69) is 10.6 Å². The number of nitrogens with one attached hydrogen (secondary N) is 2. The highest BCUT2D eigenvalue weighted by Gasteiger charge is 2.41. The molecule has 278 valence electrons. The third kappa shape index (κ3) is 8.92. The number of rotatable bonds is 19. The first-order valence-electron chi connectivity index (χ1n) is 18.1. The van der Waals surface area contributed by atoms with Crippen LogP contribution in [0, 0.1) is 0 Å². The van der Waals surface area contributed by atoms with Crippen molar-refractivity contribution in [1.29, 1.82) is 0 Å². The summed E-state index contributed by atoms with van der Waals surface area (Å²) in [6.45, 7) is 4.58. The van der Waals surface area contributed by atoms with Gasteiger partial charge in [0.1, 0.15) is 12.1 Å². The molecular weight excluding hydrogens is 672 g/mol. The normalized spacial score (nSPS) is 20.0. The molecule has 0 bridgehead atoms. The Kier molecular flexibility index (Phi) is 12.8. The summed E-state index contributed by atoms with van der Waals surface area (Å²) in [5, 5.41) is 4.68. The molecule has 2 aromatic rings. The van der Waals surface area contributed by atoms with Gasteiger partial charge in [0.25, 0.3) is 11.8 Å². The van der Waals surface area contributed by atoms with Crippen LogP contribution in [0.2, 0.25) is 0 Å². The highest BCUT2D eigenvalue weighted by atomic mass is 16.6. The van der Waals surface area contributed by atoms with Crippen molar-refractivity contribution in [3.05, 3.63) is 69.8 Å². The number of amides is 6. The molecule has 4 aliphatic heterocycles. The molecule has 14 heteroatoms. The summed E-state index contributed by atoms with van der Waals surface area (Å²) in [5.41, 5.74) is 5.28. The molecule has 2 aromatic carbocycles. The van der Waals surface area contributed by atoms with Crippen LogP contribution in [0.1, 0.15) is 81.5 Å². The van der Waals surface area contributed by atoms with Crippen molar-refractivity contribution in [2.45, 2.75) is 76.5 Å². The number of fused-ring (bicyclic) bond motifs is 2. The van der Waals surface area contributed by atoms with Crippen molar-refractivity contribution in [3.8, 4) is 0 Å². The standard InChI is InChI=1S/C38H46N4O10/c43-33-13-11-31(35(45)39-33)41-23-29-25(5-1-9-27(29)37(41)47)7-3-15-49-17-19-51-21-22-52-20-18-50-16-4-8-26-6-2-10-28-30(26)24-42(38(28)48)32-12-14-34(44)40-36(32)46/h1-2,5-6,9-10,31-32H,3-4,7-8,11-24H2,(H,39,43,45)(H,40,44,46). The van der Waals surface area contributed by atoms with Gasteiger partial charge in [-0.25, -0.2) is 0 Å². The third-order valence-corrected chi connectivity index (χ3v) is 9.94. The number of carbonyl (C=O) groups excluding carboxylic acids is 6. The lowest BCUT2D eigenvalue weighted by atomic mass is 10.00. The Labute approximate surface area is 302 Å². The second-order valence-electron chi connectivity index (χ2n) is 13.3. The Balaban J connectivity index is 0.769. The van der Waals surface area contributed by atoms with E-state index in [1.807, 2.05) is 24.3 Å². The van der Waals surface area contributed by atoms with Crippen LogP contribution in [-0.4, -0.2) is 110 Å². The van der Waals surface area contributed by atoms with E-state index in [1.54, 1.807) is 21.9 Å². The maximum atomic E-state index is 13.0. The zero-order valence-electron chi connectivity index (χ0n) is 29.3. The fourth-order valence-corrected chi connectivity index (χ4v) is 7.26. The number of aryl methyl sites for hydroxylation is 2. The first-order valence-corrected chi connectivity index (χ1v) is 18.1. The quantitative estimate of drug-likeness (QED) is 0.162. The van der Waals surface area contributed by atoms with Crippen LogP contribution in [0.25, 0.3) is 0 Å². The number of hydrogen-bond donors (Lipinski definition) is 2. The van der Waals surface area contributed by atoms with Gasteiger partial charge >= 0.3 is 0 Å². The molecule has 0 spiro atoms. The van der Waals surface area contributed by atoms with Crippen LogP contribution >= 0.6 is 0 Å². The maximum Gasteiger partial charge on any atom is 0.255 e. The largest absolute Gasteiger partial charge is 0.379 e. The van der Waals surface area contributed by atoms with E-state index in [9.17, 15) is 28.8 Å². The molecule has 4 aliphatic rings. The summed E-state index contributed by atoms with van der Waals surface area (Å²) < 4.78 is 22.7. The fraction of sp³-hybridized carbons (Fsp3) is 0.526. The van der Waals surface area contributed by atoms with Gasteiger partial charge < -0.3 is 28.7 Å². The number of piperidine rings is 2. The zero-order chi connectivity index (χ0) is 36.5. The van der Waals surface area contributed by atoms with Crippen LogP contribution in [0.5, 0.6) is 0 Å². The van der Waals surface area contributed by atoms with Crippen LogP contribution in [0.4, 0.5) is 0 Å². The smallest absolute Gasteiger partial charge is 0.255 e. The first-order chi connectivity index (χ1) is 25.3. The minimum Gasteiger partial charge on any atom is -0.379 e. The molecule has 0 radical (unpaired) electrons. The number of nitrogens with zero attached hydrogens (tertiary/aromatic N) is 2. The monoisotopic (exact) mass is 718 g/mol. The van der Waals surface area contributed by atoms with Crippen LogP contribution in [0.3, 0.4) is 0 Å². The molecule has 0 aliphatic carbocycles. The Bertz CT molecular complexity index is 1560. The minimum absolute atomic E-state index is 0.165. The van der Waals surface area contributed by atoms with E-state index >= 15 is 0 Å². The van der Waals surface area contributed by atoms with E-state index in [0.717, 1.165) is 47.9 Å². The van der Waals surface area contributed by atoms with Crippen LogP contribution < -0.4 is 10.6 Å². The molecule has 0 aromatic heterocycles. The van der Waals surface area contributed by atoms with Gasteiger partial charge in [-0.15, -0.1) is 0 Å². The lowest BCUT2D eigenvalue weighted by Gasteiger charge is -2.29. The Morgan fingerprint density at radius 2 is 0.923 bits per heavy atom. The van der Waals surface area contributed by atoms with E-state index < -0.39 is 23.9 Å². The maximum absolute atomic E-state index is 13.0. The second-order valence-corrected chi connectivity index (χ2v) is 13.3. The second kappa shape index (κ2) is 17.8. The van der Waals surface area contributed by atoms with Crippen molar-refractivity contribution in [1.82, 2.24) is 20.4 Å². The molecule has 14 nitrogen and oxygen atoms in total. The van der Waals surface area contributed by atoms with Crippen molar-refractivity contribution in [2.24, 2.45) is 0 Å². The predicted octanol–water partition coefficient (Wildman–Crippen LogP) is 1.84. The number of carbonyl (C=O) groups is 6. The Morgan fingerprint density at radius 1 is 0.538 bits per heavy atom. The summed E-state index contributed by atoms with van der Waals surface area (Å²) in [4.78, 5) is 76.9. The predicted molar refractivity (Wildman–Crippen MR) is 185 cm³/mol.